The number of carbonyl (C=O) groups is 3. The summed E-state index contributed by atoms with van der Waals surface area (Å²) in [6, 6.07) is 8.11. The molecule has 1 aliphatic carbocycles. The Morgan fingerprint density at radius 2 is 1.82 bits per heavy atom. The quantitative estimate of drug-likeness (QED) is 0.459. The molecule has 1 aliphatic heterocycles. The first-order valence-electron chi connectivity index (χ1n) is 14.3. The molecule has 0 radical (unpaired) electrons. The van der Waals surface area contributed by atoms with Gasteiger partial charge in [0.05, 0.1) is 5.92 Å². The molecular weight excluding hydrogens is 508 g/mol. The number of alkyl carbamates (subject to hydrolysis) is 1. The van der Waals surface area contributed by atoms with Gasteiger partial charge in [-0.05, 0) is 59.4 Å². The molecule has 218 valence electrons. The predicted molar refractivity (Wildman–Crippen MR) is 154 cm³/mol. The molecule has 4 rings (SSSR count). The zero-order chi connectivity index (χ0) is 29.4. The lowest BCUT2D eigenvalue weighted by Gasteiger charge is -2.36. The number of para-hydroxylation sites is 1. The zero-order valence-electron chi connectivity index (χ0n) is 25.1. The van der Waals surface area contributed by atoms with Crippen LogP contribution in [0.1, 0.15) is 70.9 Å². The monoisotopic (exact) mass is 552 g/mol. The number of ketones is 1. The van der Waals surface area contributed by atoms with Gasteiger partial charge in [0.25, 0.3) is 0 Å². The Bertz CT molecular complexity index is 1290. The Kier molecular flexibility index (Phi) is 8.52. The van der Waals surface area contributed by atoms with E-state index in [1.165, 1.54) is 0 Å². The molecule has 2 aliphatic rings. The Balaban J connectivity index is 1.35. The number of Topliss-reactive ketones (excluding diaryl/α,β-unsaturated/α-hetero) is 1. The molecule has 1 aromatic heterocycles. The largest absolute Gasteiger partial charge is 0.444 e. The van der Waals surface area contributed by atoms with E-state index in [0.29, 0.717) is 6.54 Å². The van der Waals surface area contributed by atoms with Crippen molar-refractivity contribution < 1.29 is 23.9 Å². The zero-order valence-corrected chi connectivity index (χ0v) is 25.1. The maximum absolute atomic E-state index is 13.6. The van der Waals surface area contributed by atoms with E-state index in [9.17, 15) is 14.4 Å². The van der Waals surface area contributed by atoms with Gasteiger partial charge in [0.15, 0.2) is 12.0 Å². The number of ether oxygens (including phenoxy) is 2. The van der Waals surface area contributed by atoms with Crippen LogP contribution >= 0.6 is 0 Å². The van der Waals surface area contributed by atoms with Crippen molar-refractivity contribution in [2.24, 2.45) is 24.8 Å². The lowest BCUT2D eigenvalue weighted by molar-refractivity contribution is -0.164. The van der Waals surface area contributed by atoms with E-state index >= 15 is 0 Å². The summed E-state index contributed by atoms with van der Waals surface area (Å²) in [6.45, 7) is 13.9. The van der Waals surface area contributed by atoms with Crippen LogP contribution in [-0.2, 0) is 27.7 Å². The number of nitrogens with one attached hydrogen (secondary N) is 1. The second-order valence-corrected chi connectivity index (χ2v) is 12.3. The molecular formula is C31H44N4O5. The van der Waals surface area contributed by atoms with Crippen LogP contribution in [0.4, 0.5) is 4.79 Å². The van der Waals surface area contributed by atoms with Gasteiger partial charge >= 0.3 is 12.1 Å². The fourth-order valence-corrected chi connectivity index (χ4v) is 5.73. The highest BCUT2D eigenvalue weighted by Crippen LogP contribution is 2.35. The van der Waals surface area contributed by atoms with Gasteiger partial charge in [-0.3, -0.25) is 9.59 Å². The molecule has 0 bridgehead atoms. The number of benzene rings is 1. The molecule has 0 saturated carbocycles. The van der Waals surface area contributed by atoms with Crippen LogP contribution in [0.2, 0.25) is 0 Å². The highest BCUT2D eigenvalue weighted by atomic mass is 16.6. The number of nitrogens with zero attached hydrogens (tertiary/aromatic N) is 3. The van der Waals surface area contributed by atoms with Crippen molar-refractivity contribution in [1.29, 1.82) is 0 Å². The molecule has 9 heteroatoms. The number of carbonyl (C=O) groups excluding carboxylic acids is 3. The second kappa shape index (κ2) is 11.6. The maximum Gasteiger partial charge on any atom is 0.407 e. The molecule has 9 nitrogen and oxygen atoms in total. The molecule has 4 atom stereocenters. The molecule has 2 aromatic rings. The number of amides is 1. The van der Waals surface area contributed by atoms with E-state index in [1.54, 1.807) is 20.8 Å². The van der Waals surface area contributed by atoms with Gasteiger partial charge in [0, 0.05) is 60.6 Å². The van der Waals surface area contributed by atoms with E-state index in [-0.39, 0.29) is 36.3 Å². The summed E-state index contributed by atoms with van der Waals surface area (Å²) in [7, 11) is 2.04. The van der Waals surface area contributed by atoms with E-state index in [1.807, 2.05) is 70.2 Å². The Labute approximate surface area is 237 Å². The average Bonchev–Trinajstić information content (AvgIpc) is 3.37. The topological polar surface area (TPSA) is 93.1 Å². The summed E-state index contributed by atoms with van der Waals surface area (Å²) >= 11 is 0. The SMILES string of the molecule is CC(C)C(CNC(=O)OC(C)(C)C)C(=O)OC(C)N1C=CN(CC2CCc3c(c4ccccc4n3C)C2=O)C1C. The molecule has 1 N–H and O–H groups in total. The Morgan fingerprint density at radius 1 is 1.12 bits per heavy atom. The summed E-state index contributed by atoms with van der Waals surface area (Å²) in [5, 5.41) is 3.73. The van der Waals surface area contributed by atoms with Crippen LogP contribution in [-0.4, -0.2) is 63.3 Å². The minimum Gasteiger partial charge on any atom is -0.444 e. The van der Waals surface area contributed by atoms with Crippen LogP contribution in [0.3, 0.4) is 0 Å². The molecule has 4 unspecified atom stereocenters. The summed E-state index contributed by atoms with van der Waals surface area (Å²) in [5.74, 6) is -0.818. The summed E-state index contributed by atoms with van der Waals surface area (Å²) in [6.07, 6.45) is 4.42. The lowest BCUT2D eigenvalue weighted by Crippen LogP contribution is -2.46. The van der Waals surface area contributed by atoms with Gasteiger partial charge in [-0.25, -0.2) is 4.79 Å². The fourth-order valence-electron chi connectivity index (χ4n) is 5.73. The van der Waals surface area contributed by atoms with E-state index in [2.05, 4.69) is 20.9 Å². The summed E-state index contributed by atoms with van der Waals surface area (Å²) in [5.41, 5.74) is 2.47. The normalized spacial score (nSPS) is 20.6. The van der Waals surface area contributed by atoms with Crippen molar-refractivity contribution >= 4 is 28.7 Å². The molecule has 1 amide bonds. The number of hydrogen-bond acceptors (Lipinski definition) is 7. The number of fused-ring (bicyclic) bond motifs is 3. The third-order valence-electron chi connectivity index (χ3n) is 8.03. The van der Waals surface area contributed by atoms with E-state index in [4.69, 9.17) is 9.47 Å². The predicted octanol–water partition coefficient (Wildman–Crippen LogP) is 5.04. The number of aromatic nitrogens is 1. The first-order chi connectivity index (χ1) is 18.8. The van der Waals surface area contributed by atoms with Crippen LogP contribution < -0.4 is 5.32 Å². The first kappa shape index (κ1) is 29.5. The van der Waals surface area contributed by atoms with Crippen LogP contribution in [0.25, 0.3) is 10.9 Å². The Morgan fingerprint density at radius 3 is 2.50 bits per heavy atom. The van der Waals surface area contributed by atoms with Gasteiger partial charge in [-0.1, -0.05) is 32.0 Å². The number of rotatable bonds is 8. The smallest absolute Gasteiger partial charge is 0.407 e. The van der Waals surface area contributed by atoms with Crippen molar-refractivity contribution in [2.75, 3.05) is 13.1 Å². The molecule has 0 saturated heterocycles. The second-order valence-electron chi connectivity index (χ2n) is 12.3. The first-order valence-corrected chi connectivity index (χ1v) is 14.3. The van der Waals surface area contributed by atoms with Gasteiger partial charge in [-0.15, -0.1) is 0 Å². The number of aryl methyl sites for hydroxylation is 1. The lowest BCUT2D eigenvalue weighted by atomic mass is 9.84. The summed E-state index contributed by atoms with van der Waals surface area (Å²) in [4.78, 5) is 43.0. The van der Waals surface area contributed by atoms with Gasteiger partial charge in [0.2, 0.25) is 0 Å². The molecule has 0 fully saturated rings. The van der Waals surface area contributed by atoms with Crippen molar-refractivity contribution in [3.8, 4) is 0 Å². The minimum atomic E-state index is -0.615. The maximum atomic E-state index is 13.6. The van der Waals surface area contributed by atoms with Gasteiger partial charge in [-0.2, -0.15) is 0 Å². The van der Waals surface area contributed by atoms with Crippen LogP contribution in [0.5, 0.6) is 0 Å². The highest BCUT2D eigenvalue weighted by molar-refractivity contribution is 6.11. The molecule has 0 spiro atoms. The molecule has 40 heavy (non-hydrogen) atoms. The van der Waals surface area contributed by atoms with Crippen LogP contribution in [0, 0.1) is 17.8 Å². The summed E-state index contributed by atoms with van der Waals surface area (Å²) < 4.78 is 13.3. The average molecular weight is 553 g/mol. The molecule has 1 aromatic carbocycles. The van der Waals surface area contributed by atoms with E-state index in [0.717, 1.165) is 35.0 Å². The van der Waals surface area contributed by atoms with Crippen molar-refractivity contribution in [3.05, 3.63) is 47.9 Å². The van der Waals surface area contributed by atoms with E-state index < -0.39 is 23.8 Å². The minimum absolute atomic E-state index is 0.0334. The van der Waals surface area contributed by atoms with Gasteiger partial charge < -0.3 is 29.2 Å². The number of esters is 1. The number of hydrogen-bond donors (Lipinski definition) is 1. The third kappa shape index (κ3) is 6.13. The molecule has 2 heterocycles. The fraction of sp³-hybridized carbons (Fsp3) is 0.581. The van der Waals surface area contributed by atoms with Crippen molar-refractivity contribution in [3.63, 3.8) is 0 Å². The Hall–Kier alpha value is -3.49. The van der Waals surface area contributed by atoms with Crippen molar-refractivity contribution in [2.45, 2.75) is 79.3 Å². The standard InChI is InChI=1S/C31H44N4O5/c1-19(2)24(17-32-30(38)40-31(5,6)7)29(37)39-21(4)35-16-15-34(20(35)3)18-22-13-14-26-27(28(22)36)23-11-9-10-12-25(23)33(26)8/h9-12,15-16,19-22,24H,13-14,17-18H2,1-8H3,(H,32,38). The highest BCUT2D eigenvalue weighted by Gasteiger charge is 2.36. The third-order valence-corrected chi connectivity index (χ3v) is 8.03. The van der Waals surface area contributed by atoms with Gasteiger partial charge in [0.1, 0.15) is 11.8 Å². The van der Waals surface area contributed by atoms with Crippen molar-refractivity contribution in [1.82, 2.24) is 19.7 Å². The van der Waals surface area contributed by atoms with Crippen LogP contribution in [0.15, 0.2) is 36.7 Å².